The van der Waals surface area contributed by atoms with E-state index in [1.54, 1.807) is 6.92 Å². The SMILES string of the molecule is Cc1nc(Nc2ncc(C#N)s2)cc(=O)[nH]1. The van der Waals surface area contributed by atoms with Gasteiger partial charge in [-0.25, -0.2) is 9.97 Å². The maximum Gasteiger partial charge on any atom is 0.252 e. The number of H-pyrrole nitrogens is 1. The Morgan fingerprint density at radius 1 is 1.62 bits per heavy atom. The summed E-state index contributed by atoms with van der Waals surface area (Å²) in [4.78, 5) is 22.3. The molecule has 2 aromatic heterocycles. The molecule has 7 heteroatoms. The van der Waals surface area contributed by atoms with Crippen LogP contribution in [-0.4, -0.2) is 15.0 Å². The second-order valence-corrected chi connectivity index (χ2v) is 4.01. The van der Waals surface area contributed by atoms with E-state index in [2.05, 4.69) is 20.3 Å². The van der Waals surface area contributed by atoms with Gasteiger partial charge in [0.2, 0.25) is 0 Å². The molecule has 16 heavy (non-hydrogen) atoms. The molecule has 0 atom stereocenters. The average molecular weight is 233 g/mol. The summed E-state index contributed by atoms with van der Waals surface area (Å²) in [5, 5.41) is 12.0. The van der Waals surface area contributed by atoms with E-state index in [9.17, 15) is 4.79 Å². The molecule has 2 aromatic rings. The van der Waals surface area contributed by atoms with Gasteiger partial charge in [0.1, 0.15) is 22.6 Å². The molecule has 0 aliphatic rings. The molecule has 0 bridgehead atoms. The van der Waals surface area contributed by atoms with Gasteiger partial charge in [-0.15, -0.1) is 0 Å². The van der Waals surface area contributed by atoms with Crippen LogP contribution in [-0.2, 0) is 0 Å². The standard InChI is InChI=1S/C9H7N5OS/c1-5-12-7(2-8(15)13-5)14-9-11-4-6(3-10)16-9/h2,4H,1H3,(H2,11,12,13,14,15). The number of hydrogen-bond donors (Lipinski definition) is 2. The molecular formula is C9H7N5OS. The van der Waals surface area contributed by atoms with Gasteiger partial charge in [-0.05, 0) is 6.92 Å². The van der Waals surface area contributed by atoms with Gasteiger partial charge < -0.3 is 10.3 Å². The maximum atomic E-state index is 11.2. The van der Waals surface area contributed by atoms with Gasteiger partial charge in [0.25, 0.3) is 5.56 Å². The fourth-order valence-electron chi connectivity index (χ4n) is 1.14. The van der Waals surface area contributed by atoms with Crippen LogP contribution >= 0.6 is 11.3 Å². The molecule has 0 saturated carbocycles. The Morgan fingerprint density at radius 3 is 3.06 bits per heavy atom. The minimum absolute atomic E-state index is 0.230. The number of nitrogens with one attached hydrogen (secondary N) is 2. The van der Waals surface area contributed by atoms with Crippen molar-refractivity contribution in [3.63, 3.8) is 0 Å². The number of aromatic amines is 1. The molecular weight excluding hydrogens is 226 g/mol. The highest BCUT2D eigenvalue weighted by Crippen LogP contribution is 2.19. The lowest BCUT2D eigenvalue weighted by Crippen LogP contribution is -2.09. The lowest BCUT2D eigenvalue weighted by atomic mass is 10.5. The van der Waals surface area contributed by atoms with E-state index in [0.717, 1.165) is 0 Å². The van der Waals surface area contributed by atoms with Gasteiger partial charge in [0.15, 0.2) is 5.13 Å². The molecule has 0 saturated heterocycles. The van der Waals surface area contributed by atoms with Crippen LogP contribution in [0.15, 0.2) is 17.1 Å². The second kappa shape index (κ2) is 4.12. The van der Waals surface area contributed by atoms with Gasteiger partial charge in [0, 0.05) is 6.07 Å². The zero-order valence-corrected chi connectivity index (χ0v) is 9.13. The van der Waals surface area contributed by atoms with E-state index in [4.69, 9.17) is 5.26 Å². The fraction of sp³-hybridized carbons (Fsp3) is 0.111. The van der Waals surface area contributed by atoms with E-state index in [-0.39, 0.29) is 5.56 Å². The molecule has 0 unspecified atom stereocenters. The van der Waals surface area contributed by atoms with Crippen LogP contribution in [0.5, 0.6) is 0 Å². The van der Waals surface area contributed by atoms with Crippen LogP contribution in [0.4, 0.5) is 10.9 Å². The molecule has 2 heterocycles. The van der Waals surface area contributed by atoms with Crippen LogP contribution in [0.25, 0.3) is 0 Å². The van der Waals surface area contributed by atoms with Gasteiger partial charge in [-0.3, -0.25) is 4.79 Å². The number of nitriles is 1. The third-order valence-electron chi connectivity index (χ3n) is 1.71. The summed E-state index contributed by atoms with van der Waals surface area (Å²) in [6, 6.07) is 3.32. The summed E-state index contributed by atoms with van der Waals surface area (Å²) in [7, 11) is 0. The average Bonchev–Trinajstić information content (AvgIpc) is 2.64. The van der Waals surface area contributed by atoms with Crippen molar-refractivity contribution in [2.45, 2.75) is 6.92 Å². The first-order valence-corrected chi connectivity index (χ1v) is 5.20. The summed E-state index contributed by atoms with van der Waals surface area (Å²) in [6.45, 7) is 1.69. The van der Waals surface area contributed by atoms with Gasteiger partial charge in [0.05, 0.1) is 6.20 Å². The highest BCUT2D eigenvalue weighted by Gasteiger charge is 2.03. The fourth-order valence-corrected chi connectivity index (χ4v) is 1.76. The summed E-state index contributed by atoms with van der Waals surface area (Å²) >= 11 is 1.20. The number of thiazole rings is 1. The summed E-state index contributed by atoms with van der Waals surface area (Å²) in [6.07, 6.45) is 1.47. The van der Waals surface area contributed by atoms with Crippen LogP contribution < -0.4 is 10.9 Å². The van der Waals surface area contributed by atoms with E-state index < -0.39 is 0 Å². The maximum absolute atomic E-state index is 11.2. The van der Waals surface area contributed by atoms with Crippen molar-refractivity contribution in [3.05, 3.63) is 33.3 Å². The van der Waals surface area contributed by atoms with Crippen LogP contribution in [0.2, 0.25) is 0 Å². The highest BCUT2D eigenvalue weighted by molar-refractivity contribution is 7.16. The summed E-state index contributed by atoms with van der Waals surface area (Å²) in [5.41, 5.74) is -0.230. The minimum atomic E-state index is -0.230. The molecule has 6 nitrogen and oxygen atoms in total. The molecule has 0 spiro atoms. The number of rotatable bonds is 2. The van der Waals surface area contributed by atoms with Gasteiger partial charge in [-0.2, -0.15) is 5.26 Å². The Labute approximate surface area is 94.6 Å². The number of aromatic nitrogens is 3. The van der Waals surface area contributed by atoms with Crippen molar-refractivity contribution in [1.82, 2.24) is 15.0 Å². The molecule has 0 aliphatic carbocycles. The summed E-state index contributed by atoms with van der Waals surface area (Å²) in [5.74, 6) is 0.937. The van der Waals surface area contributed by atoms with Crippen molar-refractivity contribution >= 4 is 22.3 Å². The Bertz CT molecular complexity index is 609. The third-order valence-corrected chi connectivity index (χ3v) is 2.53. The Balaban J connectivity index is 2.27. The highest BCUT2D eigenvalue weighted by atomic mass is 32.1. The number of aryl methyl sites for hydroxylation is 1. The van der Waals surface area contributed by atoms with Crippen LogP contribution in [0.3, 0.4) is 0 Å². The first-order valence-electron chi connectivity index (χ1n) is 4.38. The number of nitrogens with zero attached hydrogens (tertiary/aromatic N) is 3. The smallest absolute Gasteiger partial charge is 0.252 e. The first-order chi connectivity index (χ1) is 7.67. The molecule has 0 amide bonds. The van der Waals surface area contributed by atoms with E-state index in [1.807, 2.05) is 6.07 Å². The van der Waals surface area contributed by atoms with E-state index in [0.29, 0.717) is 21.7 Å². The predicted octanol–water partition coefficient (Wildman–Crippen LogP) is 1.15. The van der Waals surface area contributed by atoms with E-state index >= 15 is 0 Å². The monoisotopic (exact) mass is 233 g/mol. The molecule has 0 aromatic carbocycles. The van der Waals surface area contributed by atoms with Crippen molar-refractivity contribution in [2.75, 3.05) is 5.32 Å². The van der Waals surface area contributed by atoms with Crippen LogP contribution in [0, 0.1) is 18.3 Å². The number of anilines is 2. The normalized spacial score (nSPS) is 9.75. The van der Waals surface area contributed by atoms with Crippen molar-refractivity contribution in [1.29, 1.82) is 5.26 Å². The van der Waals surface area contributed by atoms with Crippen molar-refractivity contribution in [3.8, 4) is 6.07 Å². The van der Waals surface area contributed by atoms with Crippen molar-refractivity contribution in [2.24, 2.45) is 0 Å². The number of hydrogen-bond acceptors (Lipinski definition) is 6. The predicted molar refractivity (Wildman–Crippen MR) is 59.7 cm³/mol. The minimum Gasteiger partial charge on any atom is -0.316 e. The molecule has 0 fully saturated rings. The zero-order chi connectivity index (χ0) is 11.5. The third kappa shape index (κ3) is 2.24. The van der Waals surface area contributed by atoms with Gasteiger partial charge >= 0.3 is 0 Å². The lowest BCUT2D eigenvalue weighted by molar-refractivity contribution is 1.02. The second-order valence-electron chi connectivity index (χ2n) is 2.98. The largest absolute Gasteiger partial charge is 0.316 e. The molecule has 2 N–H and O–H groups in total. The topological polar surface area (TPSA) is 94.5 Å². The molecule has 0 radical (unpaired) electrons. The Hall–Kier alpha value is -2.20. The molecule has 0 aliphatic heterocycles. The molecule has 80 valence electrons. The Kier molecular flexibility index (Phi) is 2.66. The zero-order valence-electron chi connectivity index (χ0n) is 8.31. The van der Waals surface area contributed by atoms with Gasteiger partial charge in [-0.1, -0.05) is 11.3 Å². The Morgan fingerprint density at radius 2 is 2.44 bits per heavy atom. The van der Waals surface area contributed by atoms with Crippen LogP contribution in [0.1, 0.15) is 10.7 Å². The summed E-state index contributed by atoms with van der Waals surface area (Å²) < 4.78 is 0. The van der Waals surface area contributed by atoms with E-state index in [1.165, 1.54) is 23.6 Å². The first kappa shape index (κ1) is 10.3. The quantitative estimate of drug-likeness (QED) is 0.811. The van der Waals surface area contributed by atoms with Crippen molar-refractivity contribution < 1.29 is 0 Å². The lowest BCUT2D eigenvalue weighted by Gasteiger charge is -2.00. The molecule has 2 rings (SSSR count).